The zero-order valence-electron chi connectivity index (χ0n) is 13.4. The summed E-state index contributed by atoms with van der Waals surface area (Å²) < 4.78 is 15.7. The van der Waals surface area contributed by atoms with Gasteiger partial charge in [0.05, 0.1) is 26.7 Å². The van der Waals surface area contributed by atoms with Crippen molar-refractivity contribution in [1.29, 1.82) is 0 Å². The Balaban J connectivity index is 2.59. The molecule has 0 saturated heterocycles. The molecule has 7 nitrogen and oxygen atoms in total. The molecule has 1 rings (SSSR count). The molecule has 0 saturated carbocycles. The molecule has 0 amide bonds. The maximum absolute atomic E-state index is 11.2. The van der Waals surface area contributed by atoms with Gasteiger partial charge in [0.1, 0.15) is 0 Å². The van der Waals surface area contributed by atoms with Gasteiger partial charge in [-0.2, -0.15) is 0 Å². The molecule has 0 heterocycles. The average molecular weight is 325 g/mol. The monoisotopic (exact) mass is 325 g/mol. The molecule has 0 aliphatic rings. The van der Waals surface area contributed by atoms with E-state index in [0.29, 0.717) is 36.7 Å². The molecule has 1 aromatic rings. The van der Waals surface area contributed by atoms with Gasteiger partial charge in [-0.25, -0.2) is 0 Å². The summed E-state index contributed by atoms with van der Waals surface area (Å²) in [6.07, 6.45) is 0.656. The largest absolute Gasteiger partial charge is 0.493 e. The summed E-state index contributed by atoms with van der Waals surface area (Å²) in [6, 6.07) is 4.44. The van der Waals surface area contributed by atoms with Crippen LogP contribution in [0.3, 0.4) is 0 Å². The van der Waals surface area contributed by atoms with Crippen LogP contribution in [0.2, 0.25) is 0 Å². The SMILES string of the molecule is CCOC(=O)CCCOc1ccc(C(N)CC(=O)O)cc1OC. The summed E-state index contributed by atoms with van der Waals surface area (Å²) in [4.78, 5) is 21.9. The highest BCUT2D eigenvalue weighted by Gasteiger charge is 2.14. The number of benzene rings is 1. The standard InChI is InChI=1S/C16H23NO6/c1-3-22-16(20)5-4-8-23-13-7-6-11(9-14(13)21-2)12(17)10-15(18)19/h6-7,9,12H,3-5,8,10,17H2,1-2H3,(H,18,19). The number of aliphatic carboxylic acids is 1. The molecule has 23 heavy (non-hydrogen) atoms. The van der Waals surface area contributed by atoms with E-state index in [1.54, 1.807) is 25.1 Å². The second-order valence-corrected chi connectivity index (χ2v) is 4.87. The molecule has 1 aromatic carbocycles. The molecule has 0 aliphatic heterocycles. The lowest BCUT2D eigenvalue weighted by Gasteiger charge is -2.14. The smallest absolute Gasteiger partial charge is 0.305 e. The summed E-state index contributed by atoms with van der Waals surface area (Å²) in [5.41, 5.74) is 6.48. The van der Waals surface area contributed by atoms with E-state index < -0.39 is 12.0 Å². The molecular weight excluding hydrogens is 302 g/mol. The third kappa shape index (κ3) is 6.56. The van der Waals surface area contributed by atoms with Crippen molar-refractivity contribution in [3.63, 3.8) is 0 Å². The lowest BCUT2D eigenvalue weighted by atomic mass is 10.0. The van der Waals surface area contributed by atoms with Crippen LogP contribution < -0.4 is 15.2 Å². The van der Waals surface area contributed by atoms with Gasteiger partial charge in [0.2, 0.25) is 0 Å². The van der Waals surface area contributed by atoms with Gasteiger partial charge in [-0.05, 0) is 31.0 Å². The van der Waals surface area contributed by atoms with Crippen LogP contribution in [-0.2, 0) is 14.3 Å². The lowest BCUT2D eigenvalue weighted by Crippen LogP contribution is -2.15. The third-order valence-corrected chi connectivity index (χ3v) is 3.10. The van der Waals surface area contributed by atoms with E-state index >= 15 is 0 Å². The minimum Gasteiger partial charge on any atom is -0.493 e. The summed E-state index contributed by atoms with van der Waals surface area (Å²) in [5, 5.41) is 8.78. The number of carbonyl (C=O) groups is 2. The summed E-state index contributed by atoms with van der Waals surface area (Å²) in [7, 11) is 1.49. The van der Waals surface area contributed by atoms with Gasteiger partial charge in [0.25, 0.3) is 0 Å². The number of rotatable bonds is 10. The average Bonchev–Trinajstić information content (AvgIpc) is 2.51. The van der Waals surface area contributed by atoms with Gasteiger partial charge in [-0.3, -0.25) is 9.59 Å². The fraction of sp³-hybridized carbons (Fsp3) is 0.500. The highest BCUT2D eigenvalue weighted by atomic mass is 16.5. The topological polar surface area (TPSA) is 108 Å². The van der Waals surface area contributed by atoms with Crippen LogP contribution in [0, 0.1) is 0 Å². The lowest BCUT2D eigenvalue weighted by molar-refractivity contribution is -0.143. The first-order valence-electron chi connectivity index (χ1n) is 7.41. The van der Waals surface area contributed by atoms with Crippen molar-refractivity contribution in [2.45, 2.75) is 32.2 Å². The van der Waals surface area contributed by atoms with E-state index in [-0.39, 0.29) is 18.8 Å². The van der Waals surface area contributed by atoms with Crippen molar-refractivity contribution < 1.29 is 28.9 Å². The number of carboxylic acid groups (broad SMARTS) is 1. The minimum absolute atomic E-state index is 0.164. The van der Waals surface area contributed by atoms with Gasteiger partial charge >= 0.3 is 11.9 Å². The Morgan fingerprint density at radius 3 is 2.65 bits per heavy atom. The molecule has 3 N–H and O–H groups in total. The molecule has 7 heteroatoms. The number of nitrogens with two attached hydrogens (primary N) is 1. The normalized spacial score (nSPS) is 11.6. The van der Waals surface area contributed by atoms with Gasteiger partial charge in [0, 0.05) is 12.5 Å². The van der Waals surface area contributed by atoms with Crippen LogP contribution >= 0.6 is 0 Å². The fourth-order valence-corrected chi connectivity index (χ4v) is 1.97. The Kier molecular flexibility index (Phi) is 7.90. The first-order chi connectivity index (χ1) is 11.0. The molecule has 1 atom stereocenters. The van der Waals surface area contributed by atoms with Crippen molar-refractivity contribution >= 4 is 11.9 Å². The predicted octanol–water partition coefficient (Wildman–Crippen LogP) is 1.89. The van der Waals surface area contributed by atoms with E-state index in [9.17, 15) is 9.59 Å². The number of hydrogen-bond donors (Lipinski definition) is 2. The highest BCUT2D eigenvalue weighted by molar-refractivity contribution is 5.69. The second kappa shape index (κ2) is 9.68. The van der Waals surface area contributed by atoms with Crippen LogP contribution in [-0.4, -0.2) is 37.4 Å². The van der Waals surface area contributed by atoms with E-state index in [0.717, 1.165) is 0 Å². The van der Waals surface area contributed by atoms with Crippen LogP contribution in [0.25, 0.3) is 0 Å². The van der Waals surface area contributed by atoms with Crippen LogP contribution in [0.4, 0.5) is 0 Å². The number of esters is 1. The first-order valence-corrected chi connectivity index (χ1v) is 7.41. The van der Waals surface area contributed by atoms with Gasteiger partial charge < -0.3 is 25.1 Å². The third-order valence-electron chi connectivity index (χ3n) is 3.10. The van der Waals surface area contributed by atoms with Gasteiger partial charge in [0.15, 0.2) is 11.5 Å². The van der Waals surface area contributed by atoms with E-state index in [4.69, 9.17) is 25.1 Å². The van der Waals surface area contributed by atoms with Crippen molar-refractivity contribution in [3.05, 3.63) is 23.8 Å². The molecule has 128 valence electrons. The maximum atomic E-state index is 11.2. The molecule has 1 unspecified atom stereocenters. The number of ether oxygens (including phenoxy) is 3. The van der Waals surface area contributed by atoms with E-state index in [1.165, 1.54) is 7.11 Å². The van der Waals surface area contributed by atoms with E-state index in [1.807, 2.05) is 0 Å². The molecule has 0 aliphatic carbocycles. The maximum Gasteiger partial charge on any atom is 0.305 e. The first kappa shape index (κ1) is 18.8. The Morgan fingerprint density at radius 1 is 1.30 bits per heavy atom. The molecule has 0 radical (unpaired) electrons. The van der Waals surface area contributed by atoms with Crippen molar-refractivity contribution in [2.75, 3.05) is 20.3 Å². The fourth-order valence-electron chi connectivity index (χ4n) is 1.97. The number of hydrogen-bond acceptors (Lipinski definition) is 6. The Labute approximate surface area is 135 Å². The molecule has 0 fully saturated rings. The van der Waals surface area contributed by atoms with Crippen LogP contribution in [0.1, 0.15) is 37.8 Å². The minimum atomic E-state index is -0.962. The summed E-state index contributed by atoms with van der Waals surface area (Å²) in [6.45, 7) is 2.47. The Bertz CT molecular complexity index is 531. The molecule has 0 spiro atoms. The van der Waals surface area contributed by atoms with Gasteiger partial charge in [-0.15, -0.1) is 0 Å². The quantitative estimate of drug-likeness (QED) is 0.499. The Morgan fingerprint density at radius 2 is 2.04 bits per heavy atom. The number of carbonyl (C=O) groups excluding carboxylic acids is 1. The van der Waals surface area contributed by atoms with Crippen molar-refractivity contribution in [3.8, 4) is 11.5 Å². The number of methoxy groups -OCH3 is 1. The summed E-state index contributed by atoms with van der Waals surface area (Å²) >= 11 is 0. The summed E-state index contributed by atoms with van der Waals surface area (Å²) in [5.74, 6) is -0.226. The van der Waals surface area contributed by atoms with Crippen molar-refractivity contribution in [1.82, 2.24) is 0 Å². The highest BCUT2D eigenvalue weighted by Crippen LogP contribution is 2.30. The molecular formula is C16H23NO6. The van der Waals surface area contributed by atoms with Crippen molar-refractivity contribution in [2.24, 2.45) is 5.73 Å². The molecule has 0 bridgehead atoms. The Hall–Kier alpha value is -2.28. The van der Waals surface area contributed by atoms with E-state index in [2.05, 4.69) is 0 Å². The predicted molar refractivity (Wildman–Crippen MR) is 83.5 cm³/mol. The molecule has 0 aromatic heterocycles. The second-order valence-electron chi connectivity index (χ2n) is 4.87. The zero-order chi connectivity index (χ0) is 17.2. The van der Waals surface area contributed by atoms with Crippen LogP contribution in [0.5, 0.6) is 11.5 Å². The van der Waals surface area contributed by atoms with Gasteiger partial charge in [-0.1, -0.05) is 6.07 Å². The number of carboxylic acids is 1. The zero-order valence-corrected chi connectivity index (χ0v) is 13.4. The van der Waals surface area contributed by atoms with Crippen LogP contribution in [0.15, 0.2) is 18.2 Å².